The van der Waals surface area contributed by atoms with Crippen LogP contribution >= 0.6 is 0 Å². The van der Waals surface area contributed by atoms with Crippen LogP contribution in [0.4, 0.5) is 10.1 Å². The molecule has 0 saturated heterocycles. The number of aliphatic hydroxyl groups excluding tert-OH is 1. The zero-order chi connectivity index (χ0) is 15.2. The molecule has 0 radical (unpaired) electrons. The van der Waals surface area contributed by atoms with E-state index in [1.54, 1.807) is 38.1 Å². The molecule has 0 bridgehead atoms. The fourth-order valence-corrected chi connectivity index (χ4v) is 2.68. The largest absolute Gasteiger partial charge is 0.384 e. The van der Waals surface area contributed by atoms with Crippen molar-refractivity contribution in [2.45, 2.75) is 25.4 Å². The van der Waals surface area contributed by atoms with Crippen molar-refractivity contribution >= 4 is 11.6 Å². The Hall–Kier alpha value is -2.20. The number of benzene rings is 2. The third-order valence-electron chi connectivity index (χ3n) is 4.02. The van der Waals surface area contributed by atoms with Crippen LogP contribution in [0, 0.1) is 5.82 Å². The first kappa shape index (κ1) is 13.8. The van der Waals surface area contributed by atoms with E-state index in [-0.39, 0.29) is 5.91 Å². The number of hydrogen-bond acceptors (Lipinski definition) is 2. The van der Waals surface area contributed by atoms with Crippen LogP contribution < -0.4 is 5.32 Å². The van der Waals surface area contributed by atoms with Gasteiger partial charge in [0, 0.05) is 5.56 Å². The summed E-state index contributed by atoms with van der Waals surface area (Å²) in [5.41, 5.74) is 1.34. The minimum atomic E-state index is -0.982. The number of carbonyl (C=O) groups excluding carboxylic acids is 1. The summed E-state index contributed by atoms with van der Waals surface area (Å²) in [6.07, 6.45) is -0.982. The first-order valence-electron chi connectivity index (χ1n) is 6.79. The Bertz CT molecular complexity index is 710. The topological polar surface area (TPSA) is 49.3 Å². The molecule has 0 saturated carbocycles. The maximum absolute atomic E-state index is 13.9. The molecule has 2 aromatic carbocycles. The monoisotopic (exact) mass is 285 g/mol. The van der Waals surface area contributed by atoms with Crippen molar-refractivity contribution in [3.05, 3.63) is 65.0 Å². The Morgan fingerprint density at radius 1 is 1.19 bits per heavy atom. The summed E-state index contributed by atoms with van der Waals surface area (Å²) < 4.78 is 13.9. The maximum Gasteiger partial charge on any atom is 0.234 e. The number of hydrogen-bond donors (Lipinski definition) is 2. The van der Waals surface area contributed by atoms with Gasteiger partial charge in [0.1, 0.15) is 11.9 Å². The van der Waals surface area contributed by atoms with E-state index in [2.05, 4.69) is 5.32 Å². The third-order valence-corrected chi connectivity index (χ3v) is 4.02. The standard InChI is InChI=1S/C17H16FNO2/c1-17(2)13-9-11(18)8-12(14(13)19-16(17)21)15(20)10-6-4-3-5-7-10/h3-9,15,20H,1-2H3,(H,19,21). The molecule has 1 aliphatic heterocycles. The summed E-state index contributed by atoms with van der Waals surface area (Å²) in [5, 5.41) is 13.3. The Balaban J connectivity index is 2.16. The number of nitrogens with one attached hydrogen (secondary N) is 1. The smallest absolute Gasteiger partial charge is 0.234 e. The van der Waals surface area contributed by atoms with Gasteiger partial charge in [0.2, 0.25) is 5.91 Å². The SMILES string of the molecule is CC1(C)C(=O)Nc2c(C(O)c3ccccc3)cc(F)cc21. The minimum Gasteiger partial charge on any atom is -0.384 e. The molecule has 1 aliphatic rings. The second-order valence-electron chi connectivity index (χ2n) is 5.81. The second kappa shape index (κ2) is 4.67. The predicted molar refractivity (Wildman–Crippen MR) is 78.6 cm³/mol. The quantitative estimate of drug-likeness (QED) is 0.890. The summed E-state index contributed by atoms with van der Waals surface area (Å²) in [6, 6.07) is 11.6. The fraction of sp³-hybridized carbons (Fsp3) is 0.235. The molecule has 1 unspecified atom stereocenters. The molecular formula is C17H16FNO2. The number of halogens is 1. The maximum atomic E-state index is 13.9. The zero-order valence-electron chi connectivity index (χ0n) is 11.9. The lowest BCUT2D eigenvalue weighted by Gasteiger charge is -2.18. The molecular weight excluding hydrogens is 269 g/mol. The summed E-state index contributed by atoms with van der Waals surface area (Å²) in [4.78, 5) is 12.1. The summed E-state index contributed by atoms with van der Waals surface area (Å²) in [5.74, 6) is -0.645. The van der Waals surface area contributed by atoms with Crippen LogP contribution in [-0.2, 0) is 10.2 Å². The molecule has 2 aromatic rings. The second-order valence-corrected chi connectivity index (χ2v) is 5.81. The molecule has 3 rings (SSSR count). The van der Waals surface area contributed by atoms with Crippen molar-refractivity contribution in [2.24, 2.45) is 0 Å². The van der Waals surface area contributed by atoms with Gasteiger partial charge in [-0.2, -0.15) is 0 Å². The Kier molecular flexibility index (Phi) is 3.06. The highest BCUT2D eigenvalue weighted by molar-refractivity contribution is 6.06. The molecule has 1 heterocycles. The molecule has 108 valence electrons. The predicted octanol–water partition coefficient (Wildman–Crippen LogP) is 3.14. The summed E-state index contributed by atoms with van der Waals surface area (Å²) >= 11 is 0. The van der Waals surface area contributed by atoms with Crippen LogP contribution in [0.15, 0.2) is 42.5 Å². The van der Waals surface area contributed by atoms with E-state index < -0.39 is 17.3 Å². The summed E-state index contributed by atoms with van der Waals surface area (Å²) in [7, 11) is 0. The first-order chi connectivity index (χ1) is 9.91. The molecule has 1 amide bonds. The van der Waals surface area contributed by atoms with Crippen molar-refractivity contribution in [3.63, 3.8) is 0 Å². The molecule has 4 heteroatoms. The van der Waals surface area contributed by atoms with Gasteiger partial charge in [-0.1, -0.05) is 30.3 Å². The Labute approximate surface area is 122 Å². The number of rotatable bonds is 2. The fourth-order valence-electron chi connectivity index (χ4n) is 2.68. The van der Waals surface area contributed by atoms with Crippen LogP contribution in [0.5, 0.6) is 0 Å². The van der Waals surface area contributed by atoms with Crippen molar-refractivity contribution in [2.75, 3.05) is 5.32 Å². The van der Waals surface area contributed by atoms with E-state index in [1.165, 1.54) is 12.1 Å². The lowest BCUT2D eigenvalue weighted by atomic mass is 9.84. The third kappa shape index (κ3) is 2.12. The normalized spacial score (nSPS) is 17.2. The molecule has 0 spiro atoms. The number of carbonyl (C=O) groups is 1. The Morgan fingerprint density at radius 2 is 1.86 bits per heavy atom. The number of amides is 1. The van der Waals surface area contributed by atoms with Crippen LogP contribution in [0.25, 0.3) is 0 Å². The van der Waals surface area contributed by atoms with Crippen LogP contribution in [0.3, 0.4) is 0 Å². The molecule has 0 aliphatic carbocycles. The van der Waals surface area contributed by atoms with Gasteiger partial charge in [-0.15, -0.1) is 0 Å². The average molecular weight is 285 g/mol. The van der Waals surface area contributed by atoms with Crippen molar-refractivity contribution < 1.29 is 14.3 Å². The van der Waals surface area contributed by atoms with Crippen molar-refractivity contribution in [1.82, 2.24) is 0 Å². The molecule has 2 N–H and O–H groups in total. The van der Waals surface area contributed by atoms with Gasteiger partial charge < -0.3 is 10.4 Å². The van der Waals surface area contributed by atoms with E-state index in [1.807, 2.05) is 6.07 Å². The average Bonchev–Trinajstić information content (AvgIpc) is 2.69. The molecule has 21 heavy (non-hydrogen) atoms. The van der Waals surface area contributed by atoms with E-state index >= 15 is 0 Å². The molecule has 3 nitrogen and oxygen atoms in total. The zero-order valence-corrected chi connectivity index (χ0v) is 11.9. The summed E-state index contributed by atoms with van der Waals surface area (Å²) in [6.45, 7) is 3.48. The van der Waals surface area contributed by atoms with E-state index in [9.17, 15) is 14.3 Å². The van der Waals surface area contributed by atoms with Crippen molar-refractivity contribution in [1.29, 1.82) is 0 Å². The van der Waals surface area contributed by atoms with E-state index in [0.29, 0.717) is 22.4 Å². The van der Waals surface area contributed by atoms with Gasteiger partial charge in [-0.05, 0) is 37.1 Å². The van der Waals surface area contributed by atoms with Gasteiger partial charge in [0.05, 0.1) is 11.1 Å². The molecule has 1 atom stereocenters. The lowest BCUT2D eigenvalue weighted by Crippen LogP contribution is -2.26. The van der Waals surface area contributed by atoms with Crippen LogP contribution in [0.1, 0.15) is 36.6 Å². The van der Waals surface area contributed by atoms with Gasteiger partial charge >= 0.3 is 0 Å². The van der Waals surface area contributed by atoms with Gasteiger partial charge in [0.25, 0.3) is 0 Å². The van der Waals surface area contributed by atoms with Gasteiger partial charge in [-0.3, -0.25) is 4.79 Å². The van der Waals surface area contributed by atoms with Crippen LogP contribution in [-0.4, -0.2) is 11.0 Å². The van der Waals surface area contributed by atoms with Crippen molar-refractivity contribution in [3.8, 4) is 0 Å². The first-order valence-corrected chi connectivity index (χ1v) is 6.79. The lowest BCUT2D eigenvalue weighted by molar-refractivity contribution is -0.119. The highest BCUT2D eigenvalue weighted by Crippen LogP contribution is 2.42. The van der Waals surface area contributed by atoms with Gasteiger partial charge in [0.15, 0.2) is 0 Å². The minimum absolute atomic E-state index is 0.190. The number of aliphatic hydroxyl groups is 1. The van der Waals surface area contributed by atoms with Gasteiger partial charge in [-0.25, -0.2) is 4.39 Å². The molecule has 0 fully saturated rings. The Morgan fingerprint density at radius 3 is 2.52 bits per heavy atom. The van der Waals surface area contributed by atoms with E-state index in [0.717, 1.165) is 0 Å². The molecule has 0 aromatic heterocycles. The highest BCUT2D eigenvalue weighted by atomic mass is 19.1. The van der Waals surface area contributed by atoms with Crippen LogP contribution in [0.2, 0.25) is 0 Å². The number of fused-ring (bicyclic) bond motifs is 1. The highest BCUT2D eigenvalue weighted by Gasteiger charge is 2.40. The number of anilines is 1. The van der Waals surface area contributed by atoms with E-state index in [4.69, 9.17) is 0 Å².